The molecular formula is C28H38N4O5. The summed E-state index contributed by atoms with van der Waals surface area (Å²) in [6.45, 7) is 11.4. The number of aryl methyl sites for hydroxylation is 2. The highest BCUT2D eigenvalue weighted by molar-refractivity contribution is 6.46. The van der Waals surface area contributed by atoms with E-state index < -0.39 is 17.7 Å². The molecule has 2 fully saturated rings. The van der Waals surface area contributed by atoms with Crippen molar-refractivity contribution in [2.75, 3.05) is 39.4 Å². The van der Waals surface area contributed by atoms with Gasteiger partial charge in [-0.25, -0.2) is 0 Å². The minimum absolute atomic E-state index is 0.0782. The number of aromatic nitrogens is 2. The number of ether oxygens (including phenoxy) is 2. The normalized spacial score (nSPS) is 20.0. The highest BCUT2D eigenvalue weighted by Gasteiger charge is 2.46. The van der Waals surface area contributed by atoms with Gasteiger partial charge in [-0.3, -0.25) is 14.3 Å². The van der Waals surface area contributed by atoms with Gasteiger partial charge in [0.1, 0.15) is 5.76 Å². The molecule has 0 bridgehead atoms. The first-order chi connectivity index (χ1) is 17.8. The number of ketones is 1. The van der Waals surface area contributed by atoms with Gasteiger partial charge in [0.2, 0.25) is 0 Å². The van der Waals surface area contributed by atoms with Crippen LogP contribution in [0.4, 0.5) is 0 Å². The van der Waals surface area contributed by atoms with Crippen LogP contribution >= 0.6 is 0 Å². The molecule has 0 radical (unpaired) electrons. The van der Waals surface area contributed by atoms with Crippen LogP contribution in [0.2, 0.25) is 0 Å². The number of Topliss-reactive ketones (excluding diaryl/α,β-unsaturated/α-hetero) is 1. The van der Waals surface area contributed by atoms with Crippen LogP contribution in [0.3, 0.4) is 0 Å². The minimum atomic E-state index is -0.751. The van der Waals surface area contributed by atoms with E-state index in [-0.39, 0.29) is 11.3 Å². The number of nitrogens with zero attached hydrogens (tertiary/aromatic N) is 4. The van der Waals surface area contributed by atoms with Gasteiger partial charge >= 0.3 is 0 Å². The second kappa shape index (κ2) is 11.4. The third-order valence-electron chi connectivity index (χ3n) is 7.27. The maximum absolute atomic E-state index is 13.5. The van der Waals surface area contributed by atoms with Gasteiger partial charge in [-0.15, -0.1) is 0 Å². The molecule has 2 saturated heterocycles. The monoisotopic (exact) mass is 510 g/mol. The molecule has 9 heteroatoms. The number of piperidine rings is 1. The zero-order chi connectivity index (χ0) is 26.7. The molecule has 4 rings (SSSR count). The minimum Gasteiger partial charge on any atom is -0.507 e. The lowest BCUT2D eigenvalue weighted by atomic mass is 9.94. The van der Waals surface area contributed by atoms with Crippen molar-refractivity contribution in [3.63, 3.8) is 0 Å². The van der Waals surface area contributed by atoms with Gasteiger partial charge in [0, 0.05) is 25.8 Å². The summed E-state index contributed by atoms with van der Waals surface area (Å²) in [6.07, 6.45) is 3.49. The predicted octanol–water partition coefficient (Wildman–Crippen LogP) is 3.74. The van der Waals surface area contributed by atoms with Crippen molar-refractivity contribution in [3.05, 3.63) is 46.3 Å². The molecule has 0 aliphatic carbocycles. The molecule has 2 aliphatic heterocycles. The number of hydrogen-bond acceptors (Lipinski definition) is 7. The Morgan fingerprint density at radius 1 is 1.03 bits per heavy atom. The third kappa shape index (κ3) is 5.23. The van der Waals surface area contributed by atoms with Gasteiger partial charge in [-0.2, -0.15) is 5.10 Å². The molecule has 1 amide bonds. The highest BCUT2D eigenvalue weighted by Crippen LogP contribution is 2.42. The summed E-state index contributed by atoms with van der Waals surface area (Å²) < 4.78 is 13.2. The number of benzene rings is 1. The van der Waals surface area contributed by atoms with Gasteiger partial charge in [0.15, 0.2) is 11.5 Å². The van der Waals surface area contributed by atoms with E-state index >= 15 is 0 Å². The van der Waals surface area contributed by atoms with E-state index in [1.165, 1.54) is 6.42 Å². The largest absolute Gasteiger partial charge is 0.507 e. The number of amides is 1. The SMILES string of the molecule is CCOc1ccc(C2/C(=C(\O)c3c(C)nn(C)c3C)C(=O)C(=O)N2CCN2CCCCC2)cc1OCC. The van der Waals surface area contributed by atoms with Crippen molar-refractivity contribution >= 4 is 17.4 Å². The molecule has 1 atom stereocenters. The summed E-state index contributed by atoms with van der Waals surface area (Å²) in [5.74, 6) is -0.349. The van der Waals surface area contributed by atoms with E-state index in [0.29, 0.717) is 54.6 Å². The first kappa shape index (κ1) is 26.7. The van der Waals surface area contributed by atoms with Crippen LogP contribution in [0.1, 0.15) is 61.7 Å². The highest BCUT2D eigenvalue weighted by atomic mass is 16.5. The van der Waals surface area contributed by atoms with Gasteiger partial charge in [0.25, 0.3) is 11.7 Å². The number of carbonyl (C=O) groups is 2. The molecule has 200 valence electrons. The van der Waals surface area contributed by atoms with E-state index in [1.54, 1.807) is 29.6 Å². The molecule has 1 N–H and O–H groups in total. The Bertz CT molecular complexity index is 1200. The van der Waals surface area contributed by atoms with Crippen LogP contribution in [-0.4, -0.2) is 75.8 Å². The lowest BCUT2D eigenvalue weighted by Gasteiger charge is -2.31. The van der Waals surface area contributed by atoms with E-state index in [1.807, 2.05) is 32.9 Å². The number of carbonyl (C=O) groups excluding carboxylic acids is 2. The fourth-order valence-electron chi connectivity index (χ4n) is 5.38. The van der Waals surface area contributed by atoms with Crippen LogP contribution in [-0.2, 0) is 16.6 Å². The molecule has 2 aliphatic rings. The maximum atomic E-state index is 13.5. The van der Waals surface area contributed by atoms with Gasteiger partial charge < -0.3 is 24.4 Å². The molecule has 37 heavy (non-hydrogen) atoms. The Morgan fingerprint density at radius 2 is 1.70 bits per heavy atom. The molecule has 0 saturated carbocycles. The van der Waals surface area contributed by atoms with Gasteiger partial charge in [-0.05, 0) is 71.3 Å². The molecule has 9 nitrogen and oxygen atoms in total. The molecule has 1 unspecified atom stereocenters. The summed E-state index contributed by atoms with van der Waals surface area (Å²) in [7, 11) is 1.79. The summed E-state index contributed by atoms with van der Waals surface area (Å²) in [5.41, 5.74) is 2.56. The second-order valence-corrected chi connectivity index (χ2v) is 9.64. The van der Waals surface area contributed by atoms with Crippen molar-refractivity contribution in [2.45, 2.75) is 53.0 Å². The predicted molar refractivity (Wildman–Crippen MR) is 141 cm³/mol. The molecular weight excluding hydrogens is 472 g/mol. The quantitative estimate of drug-likeness (QED) is 0.312. The van der Waals surface area contributed by atoms with E-state index in [9.17, 15) is 14.7 Å². The Morgan fingerprint density at radius 3 is 2.32 bits per heavy atom. The number of aliphatic hydroxyl groups is 1. The summed E-state index contributed by atoms with van der Waals surface area (Å²) in [4.78, 5) is 30.8. The topological polar surface area (TPSA) is 97.1 Å². The van der Waals surface area contributed by atoms with Crippen molar-refractivity contribution in [3.8, 4) is 11.5 Å². The number of hydrogen-bond donors (Lipinski definition) is 1. The Balaban J connectivity index is 1.82. The first-order valence-corrected chi connectivity index (χ1v) is 13.2. The van der Waals surface area contributed by atoms with Crippen molar-refractivity contribution in [2.24, 2.45) is 7.05 Å². The molecule has 0 spiro atoms. The average Bonchev–Trinajstić information content (AvgIpc) is 3.29. The van der Waals surface area contributed by atoms with Crippen LogP contribution in [0.25, 0.3) is 5.76 Å². The molecule has 3 heterocycles. The lowest BCUT2D eigenvalue weighted by Crippen LogP contribution is -2.40. The lowest BCUT2D eigenvalue weighted by molar-refractivity contribution is -0.140. The summed E-state index contributed by atoms with van der Waals surface area (Å²) in [5, 5.41) is 15.9. The van der Waals surface area contributed by atoms with Crippen LogP contribution in [0.5, 0.6) is 11.5 Å². The van der Waals surface area contributed by atoms with E-state index in [0.717, 1.165) is 31.6 Å². The van der Waals surface area contributed by atoms with E-state index in [2.05, 4.69) is 10.00 Å². The molecule has 1 aromatic heterocycles. The zero-order valence-electron chi connectivity index (χ0n) is 22.5. The summed E-state index contributed by atoms with van der Waals surface area (Å²) in [6, 6.07) is 4.71. The van der Waals surface area contributed by atoms with E-state index in [4.69, 9.17) is 9.47 Å². The fourth-order valence-corrected chi connectivity index (χ4v) is 5.38. The van der Waals surface area contributed by atoms with Gasteiger partial charge in [-0.1, -0.05) is 12.5 Å². The molecule has 2 aromatic rings. The van der Waals surface area contributed by atoms with Crippen LogP contribution in [0, 0.1) is 13.8 Å². The Kier molecular flexibility index (Phi) is 8.22. The van der Waals surface area contributed by atoms with Crippen molar-refractivity contribution in [1.29, 1.82) is 0 Å². The number of likely N-dealkylation sites (tertiary alicyclic amines) is 2. The maximum Gasteiger partial charge on any atom is 0.295 e. The number of rotatable bonds is 9. The summed E-state index contributed by atoms with van der Waals surface area (Å²) >= 11 is 0. The Labute approximate surface area is 218 Å². The standard InChI is InChI=1S/C28H38N4O5/c1-6-36-21-12-11-20(17-22(21)37-7-2)25-24(26(33)23-18(3)29-30(5)19(23)4)27(34)28(35)32(25)16-15-31-13-9-8-10-14-31/h11-12,17,25,33H,6-10,13-16H2,1-5H3/b26-24+. The first-order valence-electron chi connectivity index (χ1n) is 13.2. The van der Waals surface area contributed by atoms with Crippen LogP contribution < -0.4 is 9.47 Å². The smallest absolute Gasteiger partial charge is 0.295 e. The average molecular weight is 511 g/mol. The second-order valence-electron chi connectivity index (χ2n) is 9.64. The van der Waals surface area contributed by atoms with Gasteiger partial charge in [0.05, 0.1) is 36.1 Å². The van der Waals surface area contributed by atoms with Crippen LogP contribution in [0.15, 0.2) is 23.8 Å². The fraction of sp³-hybridized carbons (Fsp3) is 0.536. The molecule has 1 aromatic carbocycles. The van der Waals surface area contributed by atoms with Crippen molar-refractivity contribution < 1.29 is 24.2 Å². The third-order valence-corrected chi connectivity index (χ3v) is 7.27. The zero-order valence-corrected chi connectivity index (χ0v) is 22.5. The Hall–Kier alpha value is -3.33. The number of aliphatic hydroxyl groups excluding tert-OH is 1. The van der Waals surface area contributed by atoms with Crippen molar-refractivity contribution in [1.82, 2.24) is 19.6 Å².